The molecule has 1 aliphatic rings. The number of aliphatic hydroxyl groups is 1. The number of carboxylic acid groups (broad SMARTS) is 1. The lowest BCUT2D eigenvalue weighted by atomic mass is 9.93. The molecule has 1 saturated carbocycles. The van der Waals surface area contributed by atoms with Crippen molar-refractivity contribution in [3.8, 4) is 0 Å². The largest absolute Gasteiger partial charge is 0.478 e. The maximum atomic E-state index is 11.3. The van der Waals surface area contributed by atoms with Crippen LogP contribution in [-0.2, 0) is 6.42 Å². The summed E-state index contributed by atoms with van der Waals surface area (Å²) in [4.78, 5) is 11.3. The van der Waals surface area contributed by atoms with Crippen LogP contribution in [-0.4, -0.2) is 16.2 Å². The quantitative estimate of drug-likeness (QED) is 0.879. The first-order valence-corrected chi connectivity index (χ1v) is 7.68. The Labute approximate surface area is 130 Å². The predicted molar refractivity (Wildman–Crippen MR) is 85.3 cm³/mol. The highest BCUT2D eigenvalue weighted by molar-refractivity contribution is 5.89. The fourth-order valence-electron chi connectivity index (χ4n) is 2.97. The number of hydrogen-bond acceptors (Lipinski definition) is 2. The summed E-state index contributed by atoms with van der Waals surface area (Å²) in [6, 6.07) is 13.2. The normalized spacial score (nSPS) is 15.5. The van der Waals surface area contributed by atoms with Gasteiger partial charge in [0.2, 0.25) is 0 Å². The summed E-state index contributed by atoms with van der Waals surface area (Å²) in [6.45, 7) is 1.79. The average molecular weight is 296 g/mol. The molecule has 3 heteroatoms. The summed E-state index contributed by atoms with van der Waals surface area (Å²) in [7, 11) is 0. The van der Waals surface area contributed by atoms with Crippen molar-refractivity contribution in [3.05, 3.63) is 70.3 Å². The molecular weight excluding hydrogens is 276 g/mol. The van der Waals surface area contributed by atoms with Crippen molar-refractivity contribution in [2.45, 2.75) is 38.2 Å². The molecule has 1 aliphatic carbocycles. The number of carboxylic acids is 1. The molecule has 3 rings (SSSR count). The van der Waals surface area contributed by atoms with Crippen molar-refractivity contribution >= 4 is 5.97 Å². The van der Waals surface area contributed by atoms with Gasteiger partial charge in [-0.05, 0) is 60.4 Å². The van der Waals surface area contributed by atoms with E-state index in [2.05, 4.69) is 6.07 Å². The highest BCUT2D eigenvalue weighted by Gasteiger charge is 2.27. The minimum Gasteiger partial charge on any atom is -0.478 e. The predicted octanol–water partition coefficient (Wildman–Crippen LogP) is 3.91. The van der Waals surface area contributed by atoms with Gasteiger partial charge >= 0.3 is 5.97 Å². The van der Waals surface area contributed by atoms with Gasteiger partial charge in [0, 0.05) is 0 Å². The molecule has 1 atom stereocenters. The van der Waals surface area contributed by atoms with E-state index in [1.807, 2.05) is 24.3 Å². The lowest BCUT2D eigenvalue weighted by Crippen LogP contribution is -2.04. The second-order valence-corrected chi connectivity index (χ2v) is 6.05. The highest BCUT2D eigenvalue weighted by atomic mass is 16.4. The molecule has 0 spiro atoms. The Kier molecular flexibility index (Phi) is 3.99. The van der Waals surface area contributed by atoms with Gasteiger partial charge in [-0.1, -0.05) is 36.4 Å². The zero-order chi connectivity index (χ0) is 15.7. The number of hydrogen-bond donors (Lipinski definition) is 2. The first-order valence-electron chi connectivity index (χ1n) is 7.68. The minimum absolute atomic E-state index is 0.357. The highest BCUT2D eigenvalue weighted by Crippen LogP contribution is 2.43. The van der Waals surface area contributed by atoms with Crippen LogP contribution in [0, 0.1) is 0 Å². The van der Waals surface area contributed by atoms with Gasteiger partial charge in [-0.15, -0.1) is 0 Å². The van der Waals surface area contributed by atoms with Crippen LogP contribution in [0.3, 0.4) is 0 Å². The van der Waals surface area contributed by atoms with E-state index in [0.717, 1.165) is 16.7 Å². The Hall–Kier alpha value is -2.13. The Bertz CT molecular complexity index is 700. The SMILES string of the molecule is C[C@H](O)c1ccc(Cc2ccccc2C(=O)O)cc1C1CC1. The lowest BCUT2D eigenvalue weighted by Gasteiger charge is -2.14. The second kappa shape index (κ2) is 5.93. The topological polar surface area (TPSA) is 57.5 Å². The molecule has 0 bridgehead atoms. The van der Waals surface area contributed by atoms with Crippen LogP contribution in [0.2, 0.25) is 0 Å². The molecule has 2 N–H and O–H groups in total. The Balaban J connectivity index is 1.93. The number of carbonyl (C=O) groups is 1. The van der Waals surface area contributed by atoms with Gasteiger partial charge < -0.3 is 10.2 Å². The van der Waals surface area contributed by atoms with Gasteiger partial charge in [0.05, 0.1) is 11.7 Å². The van der Waals surface area contributed by atoms with E-state index in [1.54, 1.807) is 19.1 Å². The summed E-state index contributed by atoms with van der Waals surface area (Å²) in [5.41, 5.74) is 4.50. The molecule has 0 radical (unpaired) electrons. The van der Waals surface area contributed by atoms with E-state index in [1.165, 1.54) is 18.4 Å². The van der Waals surface area contributed by atoms with Crippen LogP contribution < -0.4 is 0 Å². The van der Waals surface area contributed by atoms with Gasteiger partial charge in [-0.25, -0.2) is 4.79 Å². The molecule has 0 amide bonds. The number of aromatic carboxylic acids is 1. The molecule has 2 aromatic rings. The van der Waals surface area contributed by atoms with Gasteiger partial charge in [0.1, 0.15) is 0 Å². The number of rotatable bonds is 5. The first-order chi connectivity index (χ1) is 10.6. The summed E-state index contributed by atoms with van der Waals surface area (Å²) in [5.74, 6) is -0.335. The molecule has 0 aliphatic heterocycles. The molecule has 0 saturated heterocycles. The summed E-state index contributed by atoms with van der Waals surface area (Å²) < 4.78 is 0. The van der Waals surface area contributed by atoms with Crippen LogP contribution in [0.25, 0.3) is 0 Å². The van der Waals surface area contributed by atoms with Gasteiger partial charge in [0.25, 0.3) is 0 Å². The molecule has 114 valence electrons. The molecule has 2 aromatic carbocycles. The van der Waals surface area contributed by atoms with Gasteiger partial charge in [-0.3, -0.25) is 0 Å². The zero-order valence-electron chi connectivity index (χ0n) is 12.6. The van der Waals surface area contributed by atoms with Gasteiger partial charge in [-0.2, -0.15) is 0 Å². The van der Waals surface area contributed by atoms with Crippen LogP contribution >= 0.6 is 0 Å². The maximum Gasteiger partial charge on any atom is 0.335 e. The van der Waals surface area contributed by atoms with E-state index in [4.69, 9.17) is 0 Å². The number of aliphatic hydroxyl groups excluding tert-OH is 1. The van der Waals surface area contributed by atoms with E-state index in [0.29, 0.717) is 17.9 Å². The van der Waals surface area contributed by atoms with Crippen molar-refractivity contribution < 1.29 is 15.0 Å². The average Bonchev–Trinajstić information content (AvgIpc) is 3.32. The summed E-state index contributed by atoms with van der Waals surface area (Å²) in [5, 5.41) is 19.2. The molecular formula is C19H20O3. The molecule has 3 nitrogen and oxygen atoms in total. The third kappa shape index (κ3) is 3.04. The van der Waals surface area contributed by atoms with Gasteiger partial charge in [0.15, 0.2) is 0 Å². The van der Waals surface area contributed by atoms with Crippen molar-refractivity contribution in [3.63, 3.8) is 0 Å². The smallest absolute Gasteiger partial charge is 0.335 e. The standard InChI is InChI=1S/C19H20O3/c1-12(20)16-9-6-13(11-18(16)14-7-8-14)10-15-4-2-3-5-17(15)19(21)22/h2-6,9,11-12,14,20H,7-8,10H2,1H3,(H,21,22)/t12-/m0/s1. The molecule has 0 aromatic heterocycles. The van der Waals surface area contributed by atoms with Crippen molar-refractivity contribution in [2.24, 2.45) is 0 Å². The fourth-order valence-corrected chi connectivity index (χ4v) is 2.97. The first kappa shape index (κ1) is 14.8. The molecule has 1 fully saturated rings. The maximum absolute atomic E-state index is 11.3. The van der Waals surface area contributed by atoms with Crippen LogP contribution in [0.1, 0.15) is 64.4 Å². The minimum atomic E-state index is -0.890. The Morgan fingerprint density at radius 2 is 1.95 bits per heavy atom. The van der Waals surface area contributed by atoms with E-state index < -0.39 is 12.1 Å². The fraction of sp³-hybridized carbons (Fsp3) is 0.316. The molecule has 22 heavy (non-hydrogen) atoms. The molecule has 0 heterocycles. The Morgan fingerprint density at radius 1 is 1.23 bits per heavy atom. The van der Waals surface area contributed by atoms with Crippen molar-refractivity contribution in [2.75, 3.05) is 0 Å². The second-order valence-electron chi connectivity index (χ2n) is 6.05. The monoisotopic (exact) mass is 296 g/mol. The third-order valence-electron chi connectivity index (χ3n) is 4.26. The molecule has 0 unspecified atom stereocenters. The Morgan fingerprint density at radius 3 is 2.59 bits per heavy atom. The van der Waals surface area contributed by atoms with E-state index >= 15 is 0 Å². The van der Waals surface area contributed by atoms with Crippen LogP contribution in [0.5, 0.6) is 0 Å². The van der Waals surface area contributed by atoms with Crippen molar-refractivity contribution in [1.82, 2.24) is 0 Å². The van der Waals surface area contributed by atoms with Crippen molar-refractivity contribution in [1.29, 1.82) is 0 Å². The van der Waals surface area contributed by atoms with Crippen LogP contribution in [0.4, 0.5) is 0 Å². The third-order valence-corrected chi connectivity index (χ3v) is 4.26. The zero-order valence-corrected chi connectivity index (χ0v) is 12.6. The van der Waals surface area contributed by atoms with Crippen LogP contribution in [0.15, 0.2) is 42.5 Å². The lowest BCUT2D eigenvalue weighted by molar-refractivity contribution is 0.0696. The van der Waals surface area contributed by atoms with E-state index in [-0.39, 0.29) is 0 Å². The summed E-state index contributed by atoms with van der Waals surface area (Å²) in [6.07, 6.45) is 2.49. The summed E-state index contributed by atoms with van der Waals surface area (Å²) >= 11 is 0. The number of benzene rings is 2. The van der Waals surface area contributed by atoms with E-state index in [9.17, 15) is 15.0 Å².